The molecule has 0 unspecified atom stereocenters. The molecule has 0 aliphatic heterocycles. The first-order chi connectivity index (χ1) is 11.5. The normalized spacial score (nSPS) is 12.0. The summed E-state index contributed by atoms with van der Waals surface area (Å²) in [7, 11) is 0. The molecule has 0 saturated carbocycles. The second-order valence-corrected chi connectivity index (χ2v) is 6.27. The van der Waals surface area contributed by atoms with Gasteiger partial charge in [-0.05, 0) is 43.0 Å². The molecule has 2 N–H and O–H groups in total. The Labute approximate surface area is 142 Å². The molecule has 0 spiro atoms. The molecule has 0 saturated heterocycles. The second-order valence-electron chi connectivity index (χ2n) is 6.27. The number of hydrogen-bond acceptors (Lipinski definition) is 3. The van der Waals surface area contributed by atoms with E-state index in [4.69, 9.17) is 4.42 Å². The van der Waals surface area contributed by atoms with Crippen LogP contribution in [0, 0.1) is 12.8 Å². The number of carbonyl (C=O) groups excluding carboxylic acids is 2. The molecule has 24 heavy (non-hydrogen) atoms. The zero-order valence-electron chi connectivity index (χ0n) is 14.3. The molecule has 0 aliphatic rings. The van der Waals surface area contributed by atoms with Crippen LogP contribution in [0.2, 0.25) is 0 Å². The number of hydrogen-bond donors (Lipinski definition) is 2. The molecule has 1 atom stereocenters. The van der Waals surface area contributed by atoms with Crippen molar-refractivity contribution in [2.24, 2.45) is 5.92 Å². The Hall–Kier alpha value is -2.56. The molecule has 1 heterocycles. The van der Waals surface area contributed by atoms with Crippen LogP contribution in [-0.4, -0.2) is 17.9 Å². The van der Waals surface area contributed by atoms with Crippen molar-refractivity contribution in [1.29, 1.82) is 0 Å². The summed E-state index contributed by atoms with van der Waals surface area (Å²) in [5, 5.41) is 5.67. The Bertz CT molecular complexity index is 678. The van der Waals surface area contributed by atoms with Gasteiger partial charge in [0.2, 0.25) is 5.91 Å². The van der Waals surface area contributed by atoms with Crippen LogP contribution in [0.15, 0.2) is 47.1 Å². The summed E-state index contributed by atoms with van der Waals surface area (Å²) in [6.07, 6.45) is 2.13. The predicted molar refractivity (Wildman–Crippen MR) is 92.4 cm³/mol. The number of rotatable bonds is 7. The zero-order valence-corrected chi connectivity index (χ0v) is 14.3. The summed E-state index contributed by atoms with van der Waals surface area (Å²) in [5.41, 5.74) is 1.47. The summed E-state index contributed by atoms with van der Waals surface area (Å²) in [5.74, 6) is 0.521. The van der Waals surface area contributed by atoms with E-state index in [0.717, 1.165) is 5.56 Å². The van der Waals surface area contributed by atoms with Gasteiger partial charge in [-0.25, -0.2) is 0 Å². The quantitative estimate of drug-likeness (QED) is 0.820. The lowest BCUT2D eigenvalue weighted by atomic mass is 10.0. The summed E-state index contributed by atoms with van der Waals surface area (Å²) < 4.78 is 5.21. The third kappa shape index (κ3) is 4.98. The van der Waals surface area contributed by atoms with Gasteiger partial charge in [-0.15, -0.1) is 0 Å². The monoisotopic (exact) mass is 328 g/mol. The van der Waals surface area contributed by atoms with E-state index in [2.05, 4.69) is 10.6 Å². The van der Waals surface area contributed by atoms with Crippen molar-refractivity contribution in [2.75, 3.05) is 0 Å². The highest BCUT2D eigenvalue weighted by Gasteiger charge is 2.23. The van der Waals surface area contributed by atoms with E-state index in [1.54, 1.807) is 24.5 Å². The number of furan rings is 1. The van der Waals surface area contributed by atoms with Crippen LogP contribution in [-0.2, 0) is 11.3 Å². The van der Waals surface area contributed by atoms with Crippen LogP contribution in [0.5, 0.6) is 0 Å². The van der Waals surface area contributed by atoms with Gasteiger partial charge in [0, 0.05) is 5.56 Å². The maximum atomic E-state index is 12.5. The van der Waals surface area contributed by atoms with Crippen LogP contribution in [0.25, 0.3) is 0 Å². The van der Waals surface area contributed by atoms with E-state index in [9.17, 15) is 9.59 Å². The Morgan fingerprint density at radius 1 is 1.12 bits per heavy atom. The summed E-state index contributed by atoms with van der Waals surface area (Å²) in [6, 6.07) is 10.3. The van der Waals surface area contributed by atoms with Crippen molar-refractivity contribution >= 4 is 11.8 Å². The van der Waals surface area contributed by atoms with Crippen LogP contribution in [0.4, 0.5) is 0 Å². The molecule has 2 rings (SSSR count). The minimum Gasteiger partial charge on any atom is -0.467 e. The minimum absolute atomic E-state index is 0.206. The van der Waals surface area contributed by atoms with E-state index >= 15 is 0 Å². The second kappa shape index (κ2) is 8.34. The Morgan fingerprint density at radius 3 is 2.50 bits per heavy atom. The molecule has 0 bridgehead atoms. The molecule has 5 heteroatoms. The molecule has 0 aliphatic carbocycles. The van der Waals surface area contributed by atoms with Crippen molar-refractivity contribution < 1.29 is 14.0 Å². The van der Waals surface area contributed by atoms with E-state index in [0.29, 0.717) is 24.3 Å². The topological polar surface area (TPSA) is 71.3 Å². The first-order valence-electron chi connectivity index (χ1n) is 8.14. The molecular formula is C19H24N2O3. The van der Waals surface area contributed by atoms with E-state index in [1.165, 1.54) is 0 Å². The van der Waals surface area contributed by atoms with Crippen LogP contribution >= 0.6 is 0 Å². The van der Waals surface area contributed by atoms with Gasteiger partial charge in [-0.3, -0.25) is 9.59 Å². The lowest BCUT2D eigenvalue weighted by Crippen LogP contribution is -2.47. The van der Waals surface area contributed by atoms with Gasteiger partial charge in [-0.2, -0.15) is 0 Å². The highest BCUT2D eigenvalue weighted by Crippen LogP contribution is 2.10. The fourth-order valence-corrected chi connectivity index (χ4v) is 2.48. The van der Waals surface area contributed by atoms with Gasteiger partial charge < -0.3 is 15.1 Å². The Kier molecular flexibility index (Phi) is 6.18. The molecule has 1 aromatic carbocycles. The fraction of sp³-hybridized carbons (Fsp3) is 0.368. The van der Waals surface area contributed by atoms with E-state index in [1.807, 2.05) is 39.0 Å². The van der Waals surface area contributed by atoms with Gasteiger partial charge in [0.05, 0.1) is 12.8 Å². The molecule has 2 amide bonds. The molecule has 2 aromatic rings. The maximum absolute atomic E-state index is 12.5. The van der Waals surface area contributed by atoms with Crippen molar-refractivity contribution in [3.8, 4) is 0 Å². The lowest BCUT2D eigenvalue weighted by molar-refractivity contribution is -0.123. The first kappa shape index (κ1) is 17.8. The van der Waals surface area contributed by atoms with Crippen molar-refractivity contribution in [2.45, 2.75) is 39.8 Å². The predicted octanol–water partition coefficient (Wildman–Crippen LogP) is 3.05. The third-order valence-corrected chi connectivity index (χ3v) is 3.74. The molecule has 128 valence electrons. The average molecular weight is 328 g/mol. The fourth-order valence-electron chi connectivity index (χ4n) is 2.48. The molecular weight excluding hydrogens is 304 g/mol. The number of nitrogens with one attached hydrogen (secondary N) is 2. The standard InChI is InChI=1S/C19H24N2O3/c1-13(2)11-17(19(23)20-12-15-8-6-10-24-15)21-18(22)16-9-5-4-7-14(16)3/h4-10,13,17H,11-12H2,1-3H3,(H,20,23)(H,21,22)/t17-/m0/s1. The van der Waals surface area contributed by atoms with E-state index < -0.39 is 6.04 Å². The van der Waals surface area contributed by atoms with Gasteiger partial charge in [0.1, 0.15) is 11.8 Å². The number of benzene rings is 1. The first-order valence-corrected chi connectivity index (χ1v) is 8.14. The molecule has 1 aromatic heterocycles. The number of amides is 2. The minimum atomic E-state index is -0.577. The molecule has 5 nitrogen and oxygen atoms in total. The van der Waals surface area contributed by atoms with Crippen LogP contribution < -0.4 is 10.6 Å². The van der Waals surface area contributed by atoms with Crippen LogP contribution in [0.3, 0.4) is 0 Å². The Balaban J connectivity index is 2.03. The van der Waals surface area contributed by atoms with Gasteiger partial charge in [-0.1, -0.05) is 32.0 Å². The van der Waals surface area contributed by atoms with Crippen LogP contribution in [0.1, 0.15) is 41.9 Å². The maximum Gasteiger partial charge on any atom is 0.252 e. The Morgan fingerprint density at radius 2 is 1.88 bits per heavy atom. The van der Waals surface area contributed by atoms with E-state index in [-0.39, 0.29) is 17.7 Å². The highest BCUT2D eigenvalue weighted by atomic mass is 16.3. The molecule has 0 fully saturated rings. The zero-order chi connectivity index (χ0) is 17.5. The molecule has 0 radical (unpaired) electrons. The summed E-state index contributed by atoms with van der Waals surface area (Å²) in [6.45, 7) is 6.23. The summed E-state index contributed by atoms with van der Waals surface area (Å²) in [4.78, 5) is 24.9. The van der Waals surface area contributed by atoms with Crippen molar-refractivity contribution in [3.63, 3.8) is 0 Å². The van der Waals surface area contributed by atoms with Crippen molar-refractivity contribution in [3.05, 3.63) is 59.5 Å². The van der Waals surface area contributed by atoms with Crippen molar-refractivity contribution in [1.82, 2.24) is 10.6 Å². The number of carbonyl (C=O) groups is 2. The lowest BCUT2D eigenvalue weighted by Gasteiger charge is -2.20. The third-order valence-electron chi connectivity index (χ3n) is 3.74. The average Bonchev–Trinajstić information content (AvgIpc) is 3.05. The van der Waals surface area contributed by atoms with Gasteiger partial charge in [0.15, 0.2) is 0 Å². The largest absolute Gasteiger partial charge is 0.467 e. The number of aryl methyl sites for hydroxylation is 1. The van der Waals surface area contributed by atoms with Gasteiger partial charge >= 0.3 is 0 Å². The summed E-state index contributed by atoms with van der Waals surface area (Å²) >= 11 is 0. The smallest absolute Gasteiger partial charge is 0.252 e. The highest BCUT2D eigenvalue weighted by molar-refractivity contribution is 5.98. The van der Waals surface area contributed by atoms with Gasteiger partial charge in [0.25, 0.3) is 5.91 Å². The SMILES string of the molecule is Cc1ccccc1C(=O)N[C@@H](CC(C)C)C(=O)NCc1ccco1.